The third-order valence-electron chi connectivity index (χ3n) is 3.33. The highest BCUT2D eigenvalue weighted by atomic mass is 19.1. The van der Waals surface area contributed by atoms with Crippen LogP contribution in [0.2, 0.25) is 0 Å². The van der Waals surface area contributed by atoms with Crippen LogP contribution < -0.4 is 5.73 Å². The lowest BCUT2D eigenvalue weighted by Gasteiger charge is -2.30. The van der Waals surface area contributed by atoms with Crippen LogP contribution in [0.25, 0.3) is 0 Å². The summed E-state index contributed by atoms with van der Waals surface area (Å²) in [5.74, 6) is -0.231. The number of nitrogen functional groups attached to an aromatic ring is 1. The summed E-state index contributed by atoms with van der Waals surface area (Å²) in [6.07, 6.45) is 3.58. The molecule has 0 bridgehead atoms. The van der Waals surface area contributed by atoms with E-state index in [1.54, 1.807) is 18.0 Å². The normalized spacial score (nSPS) is 15.4. The third kappa shape index (κ3) is 2.57. The van der Waals surface area contributed by atoms with Crippen LogP contribution in [0, 0.1) is 11.7 Å². The van der Waals surface area contributed by atoms with E-state index in [1.165, 1.54) is 31.4 Å². The molecule has 1 aromatic rings. The first-order chi connectivity index (χ1) is 8.08. The van der Waals surface area contributed by atoms with E-state index in [1.807, 2.05) is 0 Å². The summed E-state index contributed by atoms with van der Waals surface area (Å²) in [5.41, 5.74) is 5.88. The number of rotatable bonds is 3. The van der Waals surface area contributed by atoms with E-state index in [9.17, 15) is 9.18 Å². The number of hydrogen-bond donors (Lipinski definition) is 1. The van der Waals surface area contributed by atoms with Crippen molar-refractivity contribution < 1.29 is 9.18 Å². The fourth-order valence-electron chi connectivity index (χ4n) is 2.06. The lowest BCUT2D eigenvalue weighted by Crippen LogP contribution is -2.34. The first kappa shape index (κ1) is 11.9. The van der Waals surface area contributed by atoms with Gasteiger partial charge in [-0.3, -0.25) is 4.79 Å². The molecule has 0 heterocycles. The van der Waals surface area contributed by atoms with Gasteiger partial charge in [-0.05, 0) is 37.0 Å². The molecule has 2 rings (SSSR count). The minimum atomic E-state index is -0.546. The van der Waals surface area contributed by atoms with Crippen LogP contribution in [0.4, 0.5) is 10.1 Å². The Bertz CT molecular complexity index is 429. The molecule has 0 atom stereocenters. The summed E-state index contributed by atoms with van der Waals surface area (Å²) in [4.78, 5) is 13.6. The quantitative estimate of drug-likeness (QED) is 0.818. The van der Waals surface area contributed by atoms with Crippen LogP contribution in [0.3, 0.4) is 0 Å². The molecular formula is C13H17FN2O. The van der Waals surface area contributed by atoms with Crippen LogP contribution in [0.1, 0.15) is 29.6 Å². The summed E-state index contributed by atoms with van der Waals surface area (Å²) in [6, 6.07) is 4.18. The average molecular weight is 236 g/mol. The molecular weight excluding hydrogens is 219 g/mol. The monoisotopic (exact) mass is 236 g/mol. The van der Waals surface area contributed by atoms with Gasteiger partial charge in [0.15, 0.2) is 0 Å². The van der Waals surface area contributed by atoms with E-state index in [-0.39, 0.29) is 11.5 Å². The number of nitrogens with two attached hydrogens (primary N) is 1. The van der Waals surface area contributed by atoms with E-state index >= 15 is 0 Å². The summed E-state index contributed by atoms with van der Waals surface area (Å²) in [5, 5.41) is 0. The van der Waals surface area contributed by atoms with Gasteiger partial charge in [0.1, 0.15) is 5.82 Å². The zero-order valence-corrected chi connectivity index (χ0v) is 9.95. The van der Waals surface area contributed by atoms with Crippen LogP contribution in [-0.2, 0) is 0 Å². The molecule has 1 aliphatic carbocycles. The topological polar surface area (TPSA) is 46.3 Å². The minimum absolute atomic E-state index is 0.0982. The predicted molar refractivity (Wildman–Crippen MR) is 65.1 cm³/mol. The smallest absolute Gasteiger partial charge is 0.256 e. The van der Waals surface area contributed by atoms with Crippen molar-refractivity contribution >= 4 is 11.6 Å². The minimum Gasteiger partial charge on any atom is -0.399 e. The Morgan fingerprint density at radius 2 is 2.24 bits per heavy atom. The largest absolute Gasteiger partial charge is 0.399 e. The molecule has 1 aliphatic rings. The van der Waals surface area contributed by atoms with Gasteiger partial charge in [-0.1, -0.05) is 6.42 Å². The molecule has 0 aromatic heterocycles. The Hall–Kier alpha value is -1.58. The van der Waals surface area contributed by atoms with Crippen LogP contribution in [-0.4, -0.2) is 24.4 Å². The van der Waals surface area contributed by atoms with Gasteiger partial charge < -0.3 is 10.6 Å². The standard InChI is InChI=1S/C13H17FN2O/c1-16(8-9-3-2-4-9)13(17)11-6-5-10(15)7-12(11)14/h5-7,9H,2-4,8,15H2,1H3. The van der Waals surface area contributed by atoms with E-state index in [0.29, 0.717) is 18.2 Å². The molecule has 1 amide bonds. The van der Waals surface area contributed by atoms with Crippen molar-refractivity contribution in [3.05, 3.63) is 29.6 Å². The average Bonchev–Trinajstić information content (AvgIpc) is 2.22. The molecule has 0 unspecified atom stereocenters. The second-order valence-corrected chi connectivity index (χ2v) is 4.72. The van der Waals surface area contributed by atoms with Gasteiger partial charge in [0.05, 0.1) is 5.56 Å². The number of carbonyl (C=O) groups excluding carboxylic acids is 1. The fourth-order valence-corrected chi connectivity index (χ4v) is 2.06. The molecule has 0 radical (unpaired) electrons. The van der Waals surface area contributed by atoms with Crippen LogP contribution in [0.15, 0.2) is 18.2 Å². The summed E-state index contributed by atoms with van der Waals surface area (Å²) >= 11 is 0. The number of nitrogens with zero attached hydrogens (tertiary/aromatic N) is 1. The van der Waals surface area contributed by atoms with Crippen molar-refractivity contribution in [2.24, 2.45) is 5.92 Å². The van der Waals surface area contributed by atoms with E-state index in [2.05, 4.69) is 0 Å². The van der Waals surface area contributed by atoms with Crippen LogP contribution in [0.5, 0.6) is 0 Å². The second-order valence-electron chi connectivity index (χ2n) is 4.72. The lowest BCUT2D eigenvalue weighted by molar-refractivity contribution is 0.0740. The third-order valence-corrected chi connectivity index (χ3v) is 3.33. The van der Waals surface area contributed by atoms with Gasteiger partial charge in [-0.15, -0.1) is 0 Å². The van der Waals surface area contributed by atoms with Crippen LogP contribution >= 0.6 is 0 Å². The number of halogens is 1. The molecule has 4 heteroatoms. The molecule has 0 saturated heterocycles. The maximum atomic E-state index is 13.6. The van der Waals surface area contributed by atoms with Crippen molar-refractivity contribution in [1.29, 1.82) is 0 Å². The second kappa shape index (κ2) is 4.73. The first-order valence-corrected chi connectivity index (χ1v) is 5.88. The van der Waals surface area contributed by atoms with Crippen molar-refractivity contribution in [2.75, 3.05) is 19.3 Å². The number of carbonyl (C=O) groups is 1. The highest BCUT2D eigenvalue weighted by Gasteiger charge is 2.23. The SMILES string of the molecule is CN(CC1CCC1)C(=O)c1ccc(N)cc1F. The van der Waals surface area contributed by atoms with Gasteiger partial charge in [0.25, 0.3) is 5.91 Å². The molecule has 1 saturated carbocycles. The Morgan fingerprint density at radius 1 is 1.53 bits per heavy atom. The van der Waals surface area contributed by atoms with Gasteiger partial charge >= 0.3 is 0 Å². The molecule has 0 spiro atoms. The summed E-state index contributed by atoms with van der Waals surface area (Å²) < 4.78 is 13.6. The number of hydrogen-bond acceptors (Lipinski definition) is 2. The van der Waals surface area contributed by atoms with Gasteiger partial charge in [-0.2, -0.15) is 0 Å². The predicted octanol–water partition coefficient (Wildman–Crippen LogP) is 2.28. The Balaban J connectivity index is 2.07. The molecule has 92 valence electrons. The zero-order valence-electron chi connectivity index (χ0n) is 9.95. The van der Waals surface area contributed by atoms with Crippen molar-refractivity contribution in [2.45, 2.75) is 19.3 Å². The Morgan fingerprint density at radius 3 is 2.76 bits per heavy atom. The molecule has 1 fully saturated rings. The molecule has 0 aliphatic heterocycles. The number of benzene rings is 1. The zero-order chi connectivity index (χ0) is 12.4. The summed E-state index contributed by atoms with van der Waals surface area (Å²) in [6.45, 7) is 0.711. The maximum absolute atomic E-state index is 13.6. The van der Waals surface area contributed by atoms with Crippen molar-refractivity contribution in [3.8, 4) is 0 Å². The summed E-state index contributed by atoms with van der Waals surface area (Å²) in [7, 11) is 1.72. The van der Waals surface area contributed by atoms with E-state index in [0.717, 1.165) is 0 Å². The lowest BCUT2D eigenvalue weighted by atomic mass is 9.85. The number of amides is 1. The van der Waals surface area contributed by atoms with Gasteiger partial charge in [-0.25, -0.2) is 4.39 Å². The molecule has 2 N–H and O–H groups in total. The van der Waals surface area contributed by atoms with Gasteiger partial charge in [0, 0.05) is 19.3 Å². The molecule has 3 nitrogen and oxygen atoms in total. The van der Waals surface area contributed by atoms with E-state index < -0.39 is 5.82 Å². The first-order valence-electron chi connectivity index (χ1n) is 5.88. The Labute approximate surface area is 100 Å². The molecule has 1 aromatic carbocycles. The van der Waals surface area contributed by atoms with E-state index in [4.69, 9.17) is 5.73 Å². The highest BCUT2D eigenvalue weighted by molar-refractivity contribution is 5.94. The molecule has 17 heavy (non-hydrogen) atoms. The van der Waals surface area contributed by atoms with Gasteiger partial charge in [0.2, 0.25) is 0 Å². The maximum Gasteiger partial charge on any atom is 0.256 e. The van der Waals surface area contributed by atoms with Crippen molar-refractivity contribution in [3.63, 3.8) is 0 Å². The number of anilines is 1. The Kier molecular flexibility index (Phi) is 3.31. The highest BCUT2D eigenvalue weighted by Crippen LogP contribution is 2.27. The fraction of sp³-hybridized carbons (Fsp3) is 0.462. The van der Waals surface area contributed by atoms with Crippen molar-refractivity contribution in [1.82, 2.24) is 4.90 Å².